The molecule has 1 amide bonds. The number of likely N-dealkylation sites (tertiary alicyclic amines) is 1. The number of carbonyl (C=O) groups is 2. The average Bonchev–Trinajstić information content (AvgIpc) is 3.01. The third-order valence-corrected chi connectivity index (χ3v) is 4.16. The van der Waals surface area contributed by atoms with Gasteiger partial charge in [-0.25, -0.2) is 4.79 Å². The molecule has 1 saturated heterocycles. The molecule has 0 saturated carbocycles. The van der Waals surface area contributed by atoms with Crippen LogP contribution < -0.4 is 0 Å². The van der Waals surface area contributed by atoms with Crippen LogP contribution in [0.1, 0.15) is 31.2 Å². The number of hydrogen-bond acceptors (Lipinski definition) is 5. The predicted octanol–water partition coefficient (Wildman–Crippen LogP) is 2.10. The van der Waals surface area contributed by atoms with Crippen LogP contribution in [0, 0.1) is 0 Å². The van der Waals surface area contributed by atoms with Gasteiger partial charge in [0.1, 0.15) is 6.61 Å². The van der Waals surface area contributed by atoms with Crippen LogP contribution in [0.2, 0.25) is 0 Å². The van der Waals surface area contributed by atoms with Gasteiger partial charge in [0, 0.05) is 12.5 Å². The molecule has 6 heteroatoms. The van der Waals surface area contributed by atoms with Gasteiger partial charge in [0.25, 0.3) is 0 Å². The summed E-state index contributed by atoms with van der Waals surface area (Å²) in [5.41, 5.74) is 0.909. The third-order valence-electron chi connectivity index (χ3n) is 4.16. The van der Waals surface area contributed by atoms with Crippen LogP contribution in [-0.4, -0.2) is 47.9 Å². The van der Waals surface area contributed by atoms with Crippen LogP contribution >= 0.6 is 0 Å². The average molecular weight is 321 g/mol. The van der Waals surface area contributed by atoms with Gasteiger partial charge < -0.3 is 14.6 Å². The highest BCUT2D eigenvalue weighted by Gasteiger charge is 2.37. The molecule has 0 aliphatic carbocycles. The lowest BCUT2D eigenvalue weighted by Crippen LogP contribution is -2.43. The Bertz CT molecular complexity index is 519. The summed E-state index contributed by atoms with van der Waals surface area (Å²) in [5.74, 6) is -0.296. The van der Waals surface area contributed by atoms with Crippen molar-refractivity contribution in [1.29, 1.82) is 0 Å². The molecule has 1 heterocycles. The number of nitrogens with zero attached hydrogens (tertiary/aromatic N) is 1. The highest BCUT2D eigenvalue weighted by molar-refractivity contribution is 5.70. The number of hydrogen-bond donors (Lipinski definition) is 1. The molecule has 23 heavy (non-hydrogen) atoms. The van der Waals surface area contributed by atoms with Crippen molar-refractivity contribution in [2.24, 2.45) is 0 Å². The number of aliphatic hydroxyl groups is 1. The molecule has 0 unspecified atom stereocenters. The van der Waals surface area contributed by atoms with Crippen molar-refractivity contribution in [3.63, 3.8) is 0 Å². The van der Waals surface area contributed by atoms with E-state index in [-0.39, 0.29) is 37.7 Å². The first-order valence-corrected chi connectivity index (χ1v) is 7.82. The van der Waals surface area contributed by atoms with E-state index in [4.69, 9.17) is 4.74 Å². The topological polar surface area (TPSA) is 76.1 Å². The van der Waals surface area contributed by atoms with E-state index < -0.39 is 6.09 Å². The maximum Gasteiger partial charge on any atom is 0.410 e. The van der Waals surface area contributed by atoms with Gasteiger partial charge in [-0.3, -0.25) is 9.69 Å². The third kappa shape index (κ3) is 4.69. The lowest BCUT2D eigenvalue weighted by molar-refractivity contribution is -0.141. The Labute approximate surface area is 136 Å². The second-order valence-corrected chi connectivity index (χ2v) is 5.63. The van der Waals surface area contributed by atoms with E-state index in [9.17, 15) is 14.7 Å². The lowest BCUT2D eigenvalue weighted by atomic mass is 10.1. The zero-order valence-electron chi connectivity index (χ0n) is 13.3. The minimum absolute atomic E-state index is 0.102. The molecule has 6 nitrogen and oxygen atoms in total. The molecule has 0 bridgehead atoms. The van der Waals surface area contributed by atoms with Crippen molar-refractivity contribution in [1.82, 2.24) is 4.90 Å². The zero-order valence-corrected chi connectivity index (χ0v) is 13.3. The van der Waals surface area contributed by atoms with Crippen LogP contribution in [0.5, 0.6) is 0 Å². The van der Waals surface area contributed by atoms with Crippen LogP contribution in [0.4, 0.5) is 4.79 Å². The molecule has 126 valence electrons. The van der Waals surface area contributed by atoms with E-state index in [2.05, 4.69) is 4.74 Å². The fraction of sp³-hybridized carbons (Fsp3) is 0.529. The lowest BCUT2D eigenvalue weighted by Gasteiger charge is -2.28. The predicted molar refractivity (Wildman–Crippen MR) is 83.6 cm³/mol. The number of benzene rings is 1. The second-order valence-electron chi connectivity index (χ2n) is 5.63. The van der Waals surface area contributed by atoms with Crippen molar-refractivity contribution < 1.29 is 24.2 Å². The molecule has 2 rings (SSSR count). The fourth-order valence-corrected chi connectivity index (χ4v) is 2.90. The van der Waals surface area contributed by atoms with Crippen molar-refractivity contribution in [3.8, 4) is 0 Å². The van der Waals surface area contributed by atoms with Gasteiger partial charge in [-0.05, 0) is 24.8 Å². The van der Waals surface area contributed by atoms with Crippen molar-refractivity contribution >= 4 is 12.1 Å². The molecule has 0 radical (unpaired) electrons. The standard InChI is InChI=1S/C17H23NO5/c1-22-16(20)10-9-14-7-8-15(11-19)18(14)17(21)23-12-13-5-3-2-4-6-13/h2-6,14-15,19H,7-12H2,1H3/t14-,15+/m1/s1. The quantitative estimate of drug-likeness (QED) is 0.812. The van der Waals surface area contributed by atoms with Crippen LogP contribution in [0.3, 0.4) is 0 Å². The molecule has 1 fully saturated rings. The summed E-state index contributed by atoms with van der Waals surface area (Å²) in [7, 11) is 1.35. The normalized spacial score (nSPS) is 20.3. The van der Waals surface area contributed by atoms with Crippen molar-refractivity contribution in [3.05, 3.63) is 35.9 Å². The van der Waals surface area contributed by atoms with E-state index in [1.54, 1.807) is 4.90 Å². The molecule has 1 aromatic carbocycles. The highest BCUT2D eigenvalue weighted by atomic mass is 16.6. The van der Waals surface area contributed by atoms with Gasteiger partial charge in [0.05, 0.1) is 19.8 Å². The van der Waals surface area contributed by atoms with Gasteiger partial charge >= 0.3 is 12.1 Å². The molecule has 1 aliphatic heterocycles. The molecule has 2 atom stereocenters. The van der Waals surface area contributed by atoms with E-state index in [1.807, 2.05) is 30.3 Å². The molecular formula is C17H23NO5. The van der Waals surface area contributed by atoms with Crippen molar-refractivity contribution in [2.45, 2.75) is 44.4 Å². The Morgan fingerprint density at radius 2 is 1.91 bits per heavy atom. The number of rotatable bonds is 6. The molecule has 1 aromatic rings. The minimum Gasteiger partial charge on any atom is -0.469 e. The van der Waals surface area contributed by atoms with Gasteiger partial charge in [0.2, 0.25) is 0 Å². The van der Waals surface area contributed by atoms with Crippen LogP contribution in [0.25, 0.3) is 0 Å². The van der Waals surface area contributed by atoms with Crippen LogP contribution in [-0.2, 0) is 20.9 Å². The van der Waals surface area contributed by atoms with Gasteiger partial charge in [-0.2, -0.15) is 0 Å². The number of methoxy groups -OCH3 is 1. The van der Waals surface area contributed by atoms with Gasteiger partial charge in [0.15, 0.2) is 0 Å². The molecule has 1 N–H and O–H groups in total. The highest BCUT2D eigenvalue weighted by Crippen LogP contribution is 2.28. The van der Waals surface area contributed by atoms with E-state index in [0.717, 1.165) is 12.0 Å². The molecule has 0 aromatic heterocycles. The van der Waals surface area contributed by atoms with E-state index in [1.165, 1.54) is 7.11 Å². The SMILES string of the molecule is COC(=O)CC[C@H]1CC[C@@H](CO)N1C(=O)OCc1ccccc1. The van der Waals surface area contributed by atoms with E-state index >= 15 is 0 Å². The summed E-state index contributed by atoms with van der Waals surface area (Å²) in [4.78, 5) is 25.3. The first kappa shape index (κ1) is 17.3. The maximum absolute atomic E-state index is 12.4. The largest absolute Gasteiger partial charge is 0.469 e. The molecular weight excluding hydrogens is 298 g/mol. The number of aliphatic hydroxyl groups excluding tert-OH is 1. The summed E-state index contributed by atoms with van der Waals surface area (Å²) in [5, 5.41) is 9.47. The Morgan fingerprint density at radius 3 is 2.57 bits per heavy atom. The molecule has 1 aliphatic rings. The smallest absolute Gasteiger partial charge is 0.410 e. The fourth-order valence-electron chi connectivity index (χ4n) is 2.90. The summed E-state index contributed by atoms with van der Waals surface area (Å²) < 4.78 is 10.0. The van der Waals surface area contributed by atoms with Gasteiger partial charge in [-0.1, -0.05) is 30.3 Å². The monoisotopic (exact) mass is 321 g/mol. The minimum atomic E-state index is -0.444. The number of amides is 1. The number of carbonyl (C=O) groups excluding carboxylic acids is 2. The zero-order chi connectivity index (χ0) is 16.7. The Morgan fingerprint density at radius 1 is 1.22 bits per heavy atom. The Hall–Kier alpha value is -2.08. The van der Waals surface area contributed by atoms with Crippen molar-refractivity contribution in [2.75, 3.05) is 13.7 Å². The second kappa shape index (κ2) is 8.53. The van der Waals surface area contributed by atoms with Gasteiger partial charge in [-0.15, -0.1) is 0 Å². The molecule has 0 spiro atoms. The number of ether oxygens (including phenoxy) is 2. The summed E-state index contributed by atoms with van der Waals surface area (Å²) >= 11 is 0. The maximum atomic E-state index is 12.4. The van der Waals surface area contributed by atoms with E-state index in [0.29, 0.717) is 12.8 Å². The Kier molecular flexibility index (Phi) is 6.40. The van der Waals surface area contributed by atoms with Crippen LogP contribution in [0.15, 0.2) is 30.3 Å². The summed E-state index contributed by atoms with van der Waals surface area (Å²) in [6.07, 6.45) is 1.79. The summed E-state index contributed by atoms with van der Waals surface area (Å²) in [6, 6.07) is 9.08. The first-order valence-electron chi connectivity index (χ1n) is 7.82. The summed E-state index contributed by atoms with van der Waals surface area (Å²) in [6.45, 7) is 0.0905. The number of esters is 1. The first-order chi connectivity index (χ1) is 11.2. The Balaban J connectivity index is 1.94.